The van der Waals surface area contributed by atoms with Crippen LogP contribution in [0.15, 0.2) is 36.4 Å². The van der Waals surface area contributed by atoms with Gasteiger partial charge in [-0.1, -0.05) is 0 Å². The second-order valence-corrected chi connectivity index (χ2v) is 3.96. The maximum Gasteiger partial charge on any atom is 0.416 e. The lowest BCUT2D eigenvalue weighted by Crippen LogP contribution is -2.04. The Labute approximate surface area is 105 Å². The number of alkyl halides is 3. The average molecular weight is 272 g/mol. The molecule has 2 rings (SSSR count). The van der Waals surface area contributed by atoms with Gasteiger partial charge in [-0.3, -0.25) is 0 Å². The van der Waals surface area contributed by atoms with Gasteiger partial charge in [-0.2, -0.15) is 13.2 Å². The Morgan fingerprint density at radius 1 is 0.737 bits per heavy atom. The molecule has 2 aromatic rings. The van der Waals surface area contributed by atoms with Gasteiger partial charge >= 0.3 is 6.18 Å². The number of phenolic OH excluding ortho intramolecular Hbond substituents is 2. The van der Waals surface area contributed by atoms with Crippen molar-refractivity contribution >= 4 is 0 Å². The molecule has 2 nitrogen and oxygen atoms in total. The Hall–Kier alpha value is -2.24. The smallest absolute Gasteiger partial charge is 0.416 e. The van der Waals surface area contributed by atoms with E-state index in [4.69, 9.17) is 0 Å². The second-order valence-electron chi connectivity index (χ2n) is 3.96. The molecule has 0 aliphatic rings. The fourth-order valence-corrected chi connectivity index (χ4v) is 1.68. The van der Waals surface area contributed by atoms with E-state index in [2.05, 4.69) is 0 Å². The zero-order chi connectivity index (χ0) is 14.2. The lowest BCUT2D eigenvalue weighted by Gasteiger charge is -2.10. The molecule has 2 aromatic carbocycles. The highest BCUT2D eigenvalue weighted by atomic mass is 19.4. The number of phenols is 2. The molecular weight excluding hydrogens is 264 g/mol. The molecule has 0 saturated heterocycles. The van der Waals surface area contributed by atoms with E-state index >= 15 is 0 Å². The summed E-state index contributed by atoms with van der Waals surface area (Å²) in [6, 6.07) is 5.31. The average Bonchev–Trinajstić information content (AvgIpc) is 2.25. The van der Waals surface area contributed by atoms with Gasteiger partial charge in [0.15, 0.2) is 0 Å². The molecule has 6 heteroatoms. The molecule has 0 bridgehead atoms. The maximum atomic E-state index is 13.1. The van der Waals surface area contributed by atoms with E-state index in [1.165, 1.54) is 0 Å². The first-order valence-corrected chi connectivity index (χ1v) is 5.17. The highest BCUT2D eigenvalue weighted by Crippen LogP contribution is 2.36. The second kappa shape index (κ2) is 4.46. The summed E-state index contributed by atoms with van der Waals surface area (Å²) in [6.45, 7) is 0. The van der Waals surface area contributed by atoms with Crippen LogP contribution in [0.25, 0.3) is 11.1 Å². The summed E-state index contributed by atoms with van der Waals surface area (Å²) in [5.74, 6) is -1.78. The Morgan fingerprint density at radius 3 is 1.79 bits per heavy atom. The highest BCUT2D eigenvalue weighted by Gasteiger charge is 2.31. The molecule has 0 aromatic heterocycles. The molecule has 0 saturated carbocycles. The first kappa shape index (κ1) is 13.2. The van der Waals surface area contributed by atoms with Crippen LogP contribution in [0.3, 0.4) is 0 Å². The van der Waals surface area contributed by atoms with E-state index < -0.39 is 29.1 Å². The number of hydrogen-bond donors (Lipinski definition) is 2. The lowest BCUT2D eigenvalue weighted by molar-refractivity contribution is -0.137. The Balaban J connectivity index is 2.59. The van der Waals surface area contributed by atoms with Crippen LogP contribution in [-0.2, 0) is 6.18 Å². The van der Waals surface area contributed by atoms with Crippen LogP contribution in [0.2, 0.25) is 0 Å². The van der Waals surface area contributed by atoms with Gasteiger partial charge in [-0.15, -0.1) is 0 Å². The van der Waals surface area contributed by atoms with Crippen LogP contribution in [0.5, 0.6) is 11.5 Å². The van der Waals surface area contributed by atoms with Crippen molar-refractivity contribution in [1.82, 2.24) is 0 Å². The number of aromatic hydroxyl groups is 2. The first-order chi connectivity index (χ1) is 8.75. The number of benzene rings is 2. The van der Waals surface area contributed by atoms with Gasteiger partial charge < -0.3 is 10.2 Å². The Morgan fingerprint density at radius 2 is 1.26 bits per heavy atom. The molecule has 2 N–H and O–H groups in total. The van der Waals surface area contributed by atoms with Crippen molar-refractivity contribution in [3.8, 4) is 22.6 Å². The molecule has 0 amide bonds. The third-order valence-electron chi connectivity index (χ3n) is 2.46. The van der Waals surface area contributed by atoms with Crippen LogP contribution in [0, 0.1) is 5.82 Å². The largest absolute Gasteiger partial charge is 0.508 e. The predicted molar refractivity (Wildman–Crippen MR) is 60.2 cm³/mol. The van der Waals surface area contributed by atoms with Gasteiger partial charge in [-0.25, -0.2) is 4.39 Å². The van der Waals surface area contributed by atoms with Gasteiger partial charge in [0.1, 0.15) is 17.3 Å². The quantitative estimate of drug-likeness (QED) is 0.772. The van der Waals surface area contributed by atoms with Crippen molar-refractivity contribution in [3.05, 3.63) is 47.8 Å². The van der Waals surface area contributed by atoms with Crippen molar-refractivity contribution in [2.75, 3.05) is 0 Å². The van der Waals surface area contributed by atoms with Crippen LogP contribution >= 0.6 is 0 Å². The maximum absolute atomic E-state index is 13.1. The van der Waals surface area contributed by atoms with E-state index in [9.17, 15) is 27.8 Å². The topological polar surface area (TPSA) is 40.5 Å². The summed E-state index contributed by atoms with van der Waals surface area (Å²) >= 11 is 0. The van der Waals surface area contributed by atoms with Crippen LogP contribution in [0.1, 0.15) is 5.56 Å². The monoisotopic (exact) mass is 272 g/mol. The number of halogens is 4. The molecule has 0 aliphatic heterocycles. The molecule has 0 heterocycles. The third-order valence-corrected chi connectivity index (χ3v) is 2.46. The SMILES string of the molecule is Oc1cc(F)cc(-c2cc(O)cc(C(F)(F)F)c2)c1. The zero-order valence-electron chi connectivity index (χ0n) is 9.37. The molecule has 0 spiro atoms. The van der Waals surface area contributed by atoms with Gasteiger partial charge in [0.05, 0.1) is 5.56 Å². The molecule has 0 fully saturated rings. The summed E-state index contributed by atoms with van der Waals surface area (Å²) in [4.78, 5) is 0. The van der Waals surface area contributed by atoms with Crippen molar-refractivity contribution < 1.29 is 27.8 Å². The van der Waals surface area contributed by atoms with E-state index in [0.717, 1.165) is 30.3 Å². The minimum atomic E-state index is -4.62. The summed E-state index contributed by atoms with van der Waals surface area (Å²) in [5, 5.41) is 18.5. The molecule has 0 aliphatic carbocycles. The van der Waals surface area contributed by atoms with E-state index in [-0.39, 0.29) is 11.1 Å². The van der Waals surface area contributed by atoms with Gasteiger partial charge in [0.2, 0.25) is 0 Å². The highest BCUT2D eigenvalue weighted by molar-refractivity contribution is 5.67. The van der Waals surface area contributed by atoms with Gasteiger partial charge in [-0.05, 0) is 41.5 Å². The molecule has 19 heavy (non-hydrogen) atoms. The minimum Gasteiger partial charge on any atom is -0.508 e. The third kappa shape index (κ3) is 2.96. The van der Waals surface area contributed by atoms with E-state index in [0.29, 0.717) is 6.07 Å². The van der Waals surface area contributed by atoms with Crippen LogP contribution < -0.4 is 0 Å². The first-order valence-electron chi connectivity index (χ1n) is 5.17. The summed E-state index contributed by atoms with van der Waals surface area (Å²) in [7, 11) is 0. The molecular formula is C13H8F4O2. The summed E-state index contributed by atoms with van der Waals surface area (Å²) < 4.78 is 50.9. The number of hydrogen-bond acceptors (Lipinski definition) is 2. The van der Waals surface area contributed by atoms with Crippen LogP contribution in [0.4, 0.5) is 17.6 Å². The van der Waals surface area contributed by atoms with E-state index in [1.54, 1.807) is 0 Å². The fraction of sp³-hybridized carbons (Fsp3) is 0.0769. The Bertz CT molecular complexity index is 600. The van der Waals surface area contributed by atoms with E-state index in [1.807, 2.05) is 0 Å². The molecule has 0 atom stereocenters. The molecule has 0 unspecified atom stereocenters. The lowest BCUT2D eigenvalue weighted by atomic mass is 10.0. The predicted octanol–water partition coefficient (Wildman–Crippen LogP) is 3.92. The summed E-state index contributed by atoms with van der Waals surface area (Å²) in [5.41, 5.74) is -1.05. The minimum absolute atomic E-state index is 0.0397. The number of rotatable bonds is 1. The zero-order valence-corrected chi connectivity index (χ0v) is 9.37. The van der Waals surface area contributed by atoms with Crippen molar-refractivity contribution in [3.63, 3.8) is 0 Å². The van der Waals surface area contributed by atoms with Crippen molar-refractivity contribution in [2.24, 2.45) is 0 Å². The Kier molecular flexibility index (Phi) is 3.09. The van der Waals surface area contributed by atoms with Crippen molar-refractivity contribution in [1.29, 1.82) is 0 Å². The van der Waals surface area contributed by atoms with Gasteiger partial charge in [0, 0.05) is 6.07 Å². The normalized spacial score (nSPS) is 11.6. The van der Waals surface area contributed by atoms with Crippen molar-refractivity contribution in [2.45, 2.75) is 6.18 Å². The van der Waals surface area contributed by atoms with Crippen LogP contribution in [-0.4, -0.2) is 10.2 Å². The fourth-order valence-electron chi connectivity index (χ4n) is 1.68. The summed E-state index contributed by atoms with van der Waals surface area (Å²) in [6.07, 6.45) is -4.62. The standard InChI is InChI=1S/C13H8F4O2/c14-10-2-8(4-12(19)6-10)7-1-9(13(15,16)17)5-11(18)3-7/h1-6,18-19H. The molecule has 100 valence electrons. The molecule has 0 radical (unpaired) electrons. The van der Waals surface area contributed by atoms with Gasteiger partial charge in [0.25, 0.3) is 0 Å².